The molecule has 0 saturated carbocycles. The van der Waals surface area contributed by atoms with E-state index in [4.69, 9.17) is 10.5 Å². The minimum Gasteiger partial charge on any atom is -0.380 e. The maximum atomic E-state index is 5.68. The molecule has 2 atom stereocenters. The molecule has 0 bridgehead atoms. The van der Waals surface area contributed by atoms with Crippen LogP contribution in [0.5, 0.6) is 0 Å². The lowest BCUT2D eigenvalue weighted by molar-refractivity contribution is 0.0422. The fourth-order valence-corrected chi connectivity index (χ4v) is 1.05. The number of hydrogen-bond donors (Lipinski definition) is 2. The largest absolute Gasteiger partial charge is 0.380 e. The summed E-state index contributed by atoms with van der Waals surface area (Å²) in [5, 5.41) is 3.40. The number of methoxy groups -OCH3 is 1. The van der Waals surface area contributed by atoms with Crippen molar-refractivity contribution in [2.45, 2.75) is 38.8 Å². The lowest BCUT2D eigenvalue weighted by Crippen LogP contribution is -2.56. The van der Waals surface area contributed by atoms with Gasteiger partial charge in [-0.1, -0.05) is 6.92 Å². The Bertz CT molecular complexity index is 119. The molecule has 2 unspecified atom stereocenters. The Morgan fingerprint density at radius 1 is 1.58 bits per heavy atom. The normalized spacial score (nSPS) is 18.8. The minimum absolute atomic E-state index is 0.0925. The summed E-state index contributed by atoms with van der Waals surface area (Å²) >= 11 is 0. The number of hydrogen-bond acceptors (Lipinski definition) is 3. The van der Waals surface area contributed by atoms with Gasteiger partial charge in [-0.25, -0.2) is 0 Å². The summed E-state index contributed by atoms with van der Waals surface area (Å²) in [4.78, 5) is 0. The van der Waals surface area contributed by atoms with E-state index in [1.54, 1.807) is 7.11 Å². The van der Waals surface area contributed by atoms with Crippen LogP contribution in [0.3, 0.4) is 0 Å². The molecule has 0 fully saturated rings. The van der Waals surface area contributed by atoms with Crippen molar-refractivity contribution in [3.8, 4) is 0 Å². The average Bonchev–Trinajstić information content (AvgIpc) is 2.12. The van der Waals surface area contributed by atoms with Gasteiger partial charge < -0.3 is 15.8 Å². The molecule has 0 aromatic rings. The van der Waals surface area contributed by atoms with Crippen molar-refractivity contribution in [1.82, 2.24) is 5.32 Å². The quantitative estimate of drug-likeness (QED) is 0.624. The Balaban J connectivity index is 4.03. The van der Waals surface area contributed by atoms with Crippen LogP contribution < -0.4 is 11.1 Å². The van der Waals surface area contributed by atoms with Crippen LogP contribution in [0, 0.1) is 0 Å². The Kier molecular flexibility index (Phi) is 5.46. The van der Waals surface area contributed by atoms with Gasteiger partial charge in [0.25, 0.3) is 0 Å². The van der Waals surface area contributed by atoms with E-state index >= 15 is 0 Å². The first kappa shape index (κ1) is 11.9. The highest BCUT2D eigenvalue weighted by molar-refractivity contribution is 4.89. The Labute approximate surface area is 75.7 Å². The van der Waals surface area contributed by atoms with Gasteiger partial charge in [-0.15, -0.1) is 0 Å². The van der Waals surface area contributed by atoms with Crippen molar-refractivity contribution >= 4 is 0 Å². The molecular weight excluding hydrogens is 152 g/mol. The van der Waals surface area contributed by atoms with Crippen molar-refractivity contribution in [2.24, 2.45) is 5.73 Å². The van der Waals surface area contributed by atoms with Gasteiger partial charge in [-0.05, 0) is 26.8 Å². The van der Waals surface area contributed by atoms with Crippen LogP contribution in [0.4, 0.5) is 0 Å². The molecule has 0 amide bonds. The van der Waals surface area contributed by atoms with Gasteiger partial charge in [0.05, 0.1) is 11.6 Å². The summed E-state index contributed by atoms with van der Waals surface area (Å²) in [6, 6.07) is 0. The smallest absolute Gasteiger partial charge is 0.0734 e. The average molecular weight is 174 g/mol. The molecule has 0 saturated heterocycles. The standard InChI is InChI=1S/C9H22N2O/c1-5-6-11-9(3,7-10)8(2)12-4/h8,11H,5-7,10H2,1-4H3. The third-order valence-electron chi connectivity index (χ3n) is 2.45. The molecule has 0 aliphatic carbocycles. The molecule has 0 spiro atoms. The molecule has 3 N–H and O–H groups in total. The van der Waals surface area contributed by atoms with Gasteiger partial charge in [0, 0.05) is 13.7 Å². The van der Waals surface area contributed by atoms with E-state index in [0.29, 0.717) is 6.54 Å². The first-order valence-corrected chi connectivity index (χ1v) is 4.58. The van der Waals surface area contributed by atoms with Crippen molar-refractivity contribution in [2.75, 3.05) is 20.2 Å². The van der Waals surface area contributed by atoms with Gasteiger partial charge in [-0.2, -0.15) is 0 Å². The molecule has 0 aromatic heterocycles. The SMILES string of the molecule is CCCNC(C)(CN)C(C)OC. The van der Waals surface area contributed by atoms with E-state index in [0.717, 1.165) is 13.0 Å². The summed E-state index contributed by atoms with van der Waals surface area (Å²) in [5.74, 6) is 0. The molecule has 0 radical (unpaired) electrons. The zero-order valence-corrected chi connectivity index (χ0v) is 8.68. The van der Waals surface area contributed by atoms with Gasteiger partial charge in [0.15, 0.2) is 0 Å². The van der Waals surface area contributed by atoms with Gasteiger partial charge in [0.2, 0.25) is 0 Å². The van der Waals surface area contributed by atoms with Crippen molar-refractivity contribution < 1.29 is 4.74 Å². The van der Waals surface area contributed by atoms with Crippen LogP contribution in [0.2, 0.25) is 0 Å². The van der Waals surface area contributed by atoms with Crippen LogP contribution in [-0.4, -0.2) is 31.8 Å². The highest BCUT2D eigenvalue weighted by atomic mass is 16.5. The molecule has 0 heterocycles. The molecule has 12 heavy (non-hydrogen) atoms. The second-order valence-corrected chi connectivity index (χ2v) is 3.43. The fraction of sp³-hybridized carbons (Fsp3) is 1.00. The molecular formula is C9H22N2O. The molecule has 0 aromatic carbocycles. The number of nitrogens with one attached hydrogen (secondary N) is 1. The van der Waals surface area contributed by atoms with Crippen molar-refractivity contribution in [1.29, 1.82) is 0 Å². The summed E-state index contributed by atoms with van der Waals surface area (Å²) in [6.07, 6.45) is 1.26. The van der Waals surface area contributed by atoms with E-state index in [1.165, 1.54) is 0 Å². The third-order valence-corrected chi connectivity index (χ3v) is 2.45. The minimum atomic E-state index is -0.0925. The van der Waals surface area contributed by atoms with Gasteiger partial charge in [-0.3, -0.25) is 0 Å². The topological polar surface area (TPSA) is 47.3 Å². The zero-order chi connectivity index (χ0) is 9.61. The molecule has 0 aliphatic heterocycles. The molecule has 3 heteroatoms. The first-order chi connectivity index (χ1) is 5.60. The Morgan fingerprint density at radius 2 is 2.17 bits per heavy atom. The Hall–Kier alpha value is -0.120. The lowest BCUT2D eigenvalue weighted by Gasteiger charge is -2.34. The summed E-state index contributed by atoms with van der Waals surface area (Å²) < 4.78 is 5.26. The lowest BCUT2D eigenvalue weighted by atomic mass is 9.96. The van der Waals surface area contributed by atoms with E-state index in [9.17, 15) is 0 Å². The summed E-state index contributed by atoms with van der Waals surface area (Å²) in [5.41, 5.74) is 5.59. The molecule has 0 rings (SSSR count). The van der Waals surface area contributed by atoms with Crippen molar-refractivity contribution in [3.05, 3.63) is 0 Å². The summed E-state index contributed by atoms with van der Waals surface area (Å²) in [7, 11) is 1.71. The van der Waals surface area contributed by atoms with E-state index in [1.807, 2.05) is 6.92 Å². The monoisotopic (exact) mass is 174 g/mol. The van der Waals surface area contributed by atoms with Crippen LogP contribution in [-0.2, 0) is 4.74 Å². The predicted octanol–water partition coefficient (Wildman–Crippen LogP) is 0.738. The highest BCUT2D eigenvalue weighted by Crippen LogP contribution is 2.10. The van der Waals surface area contributed by atoms with Crippen molar-refractivity contribution in [3.63, 3.8) is 0 Å². The molecule has 74 valence electrons. The predicted molar refractivity (Wildman–Crippen MR) is 52.2 cm³/mol. The third kappa shape index (κ3) is 3.09. The number of nitrogens with two attached hydrogens (primary N) is 1. The van der Waals surface area contributed by atoms with E-state index < -0.39 is 0 Å². The Morgan fingerprint density at radius 3 is 2.50 bits per heavy atom. The second-order valence-electron chi connectivity index (χ2n) is 3.43. The number of ether oxygens (including phenoxy) is 1. The first-order valence-electron chi connectivity index (χ1n) is 4.58. The zero-order valence-electron chi connectivity index (χ0n) is 8.68. The number of rotatable bonds is 6. The van der Waals surface area contributed by atoms with Crippen LogP contribution >= 0.6 is 0 Å². The van der Waals surface area contributed by atoms with Crippen LogP contribution in [0.15, 0.2) is 0 Å². The van der Waals surface area contributed by atoms with Gasteiger partial charge >= 0.3 is 0 Å². The maximum absolute atomic E-state index is 5.68. The second kappa shape index (κ2) is 5.51. The fourth-order valence-electron chi connectivity index (χ4n) is 1.05. The highest BCUT2D eigenvalue weighted by Gasteiger charge is 2.28. The van der Waals surface area contributed by atoms with Crippen LogP contribution in [0.25, 0.3) is 0 Å². The van der Waals surface area contributed by atoms with Crippen LogP contribution in [0.1, 0.15) is 27.2 Å². The summed E-state index contributed by atoms with van der Waals surface area (Å²) in [6.45, 7) is 7.86. The molecule has 0 aliphatic rings. The van der Waals surface area contributed by atoms with E-state index in [-0.39, 0.29) is 11.6 Å². The van der Waals surface area contributed by atoms with E-state index in [2.05, 4.69) is 19.2 Å². The van der Waals surface area contributed by atoms with Gasteiger partial charge in [0.1, 0.15) is 0 Å². The maximum Gasteiger partial charge on any atom is 0.0734 e. The molecule has 3 nitrogen and oxygen atoms in total.